The fraction of sp³-hybridized carbons (Fsp3) is 0.182. The Balaban J connectivity index is 1.90. The molecule has 0 unspecified atom stereocenters. The molecule has 1 N–H and O–H groups in total. The number of benzene rings is 1. The fourth-order valence-electron chi connectivity index (χ4n) is 2.91. The van der Waals surface area contributed by atoms with E-state index in [1.807, 2.05) is 18.2 Å². The fourth-order valence-corrected chi connectivity index (χ4v) is 2.91. The molecule has 3 rings (SSSR count). The zero-order chi connectivity index (χ0) is 21.5. The second-order valence-corrected chi connectivity index (χ2v) is 6.43. The molecule has 0 saturated carbocycles. The largest absolute Gasteiger partial charge is 0.493 e. The number of nitrogens with one attached hydrogen (secondary N) is 1. The molecule has 0 spiro atoms. The van der Waals surface area contributed by atoms with Crippen molar-refractivity contribution < 1.29 is 19.1 Å². The summed E-state index contributed by atoms with van der Waals surface area (Å²) in [5.74, 6) is 0.0497. The van der Waals surface area contributed by atoms with Gasteiger partial charge in [-0.2, -0.15) is 0 Å². The highest BCUT2D eigenvalue weighted by Gasteiger charge is 2.20. The van der Waals surface area contributed by atoms with Crippen LogP contribution in [0.5, 0.6) is 11.5 Å². The van der Waals surface area contributed by atoms with Crippen molar-refractivity contribution in [3.8, 4) is 11.5 Å². The molecule has 3 aromatic rings. The van der Waals surface area contributed by atoms with Gasteiger partial charge in [-0.05, 0) is 36.4 Å². The van der Waals surface area contributed by atoms with Crippen molar-refractivity contribution in [2.45, 2.75) is 6.54 Å². The van der Waals surface area contributed by atoms with Gasteiger partial charge in [0, 0.05) is 36.8 Å². The smallest absolute Gasteiger partial charge is 0.255 e. The lowest BCUT2D eigenvalue weighted by atomic mass is 10.1. The number of hydrogen-bond donors (Lipinski definition) is 1. The number of methoxy groups -OCH3 is 2. The van der Waals surface area contributed by atoms with E-state index in [1.54, 1.807) is 37.5 Å². The normalized spacial score (nSPS) is 10.2. The lowest BCUT2D eigenvalue weighted by molar-refractivity contribution is 0.0782. The van der Waals surface area contributed by atoms with E-state index in [4.69, 9.17) is 9.47 Å². The van der Waals surface area contributed by atoms with E-state index in [9.17, 15) is 9.59 Å². The zero-order valence-electron chi connectivity index (χ0n) is 17.0. The molecular weight excluding hydrogens is 384 g/mol. The van der Waals surface area contributed by atoms with Gasteiger partial charge < -0.3 is 19.7 Å². The summed E-state index contributed by atoms with van der Waals surface area (Å²) >= 11 is 0. The monoisotopic (exact) mass is 406 g/mol. The first-order chi connectivity index (χ1) is 14.5. The highest BCUT2D eigenvalue weighted by molar-refractivity contribution is 6.06. The van der Waals surface area contributed by atoms with Crippen LogP contribution in [0.2, 0.25) is 0 Å². The number of amides is 2. The molecule has 2 amide bonds. The minimum Gasteiger partial charge on any atom is -0.493 e. The van der Waals surface area contributed by atoms with E-state index in [0.29, 0.717) is 34.9 Å². The van der Waals surface area contributed by atoms with Crippen LogP contribution in [-0.4, -0.2) is 47.9 Å². The van der Waals surface area contributed by atoms with Crippen molar-refractivity contribution in [3.05, 3.63) is 77.9 Å². The summed E-state index contributed by atoms with van der Waals surface area (Å²) in [7, 11) is 4.62. The number of nitrogens with zero attached hydrogens (tertiary/aromatic N) is 3. The number of anilines is 1. The lowest BCUT2D eigenvalue weighted by Crippen LogP contribution is -2.27. The number of pyridine rings is 2. The summed E-state index contributed by atoms with van der Waals surface area (Å²) in [5.41, 5.74) is 1.86. The summed E-state index contributed by atoms with van der Waals surface area (Å²) < 4.78 is 10.8. The molecule has 154 valence electrons. The van der Waals surface area contributed by atoms with E-state index < -0.39 is 0 Å². The SMILES string of the molecule is COc1cc(C(=O)N(C)Cc2ccccn2)cc(NC(=O)c2ccncc2)c1OC. The zero-order valence-corrected chi connectivity index (χ0v) is 17.0. The number of hydrogen-bond acceptors (Lipinski definition) is 6. The molecule has 0 saturated heterocycles. The van der Waals surface area contributed by atoms with Crippen LogP contribution in [0.25, 0.3) is 0 Å². The second kappa shape index (κ2) is 9.51. The molecule has 0 radical (unpaired) electrons. The first-order valence-electron chi connectivity index (χ1n) is 9.16. The summed E-state index contributed by atoms with van der Waals surface area (Å²) in [6.45, 7) is 0.340. The van der Waals surface area contributed by atoms with Gasteiger partial charge in [-0.3, -0.25) is 19.6 Å². The van der Waals surface area contributed by atoms with Crippen LogP contribution in [0.15, 0.2) is 61.1 Å². The molecule has 0 aliphatic heterocycles. The Morgan fingerprint density at radius 2 is 1.77 bits per heavy atom. The predicted octanol–water partition coefficient (Wildman–Crippen LogP) is 3.02. The third-order valence-corrected chi connectivity index (χ3v) is 4.39. The van der Waals surface area contributed by atoms with Crippen LogP contribution >= 0.6 is 0 Å². The molecule has 0 aliphatic carbocycles. The molecule has 0 fully saturated rings. The topological polar surface area (TPSA) is 93.7 Å². The van der Waals surface area contributed by atoms with Crippen molar-refractivity contribution in [2.24, 2.45) is 0 Å². The van der Waals surface area contributed by atoms with Gasteiger partial charge >= 0.3 is 0 Å². The van der Waals surface area contributed by atoms with Crippen molar-refractivity contribution in [3.63, 3.8) is 0 Å². The van der Waals surface area contributed by atoms with E-state index in [1.165, 1.54) is 31.5 Å². The average molecular weight is 406 g/mol. The Bertz CT molecular complexity index is 1030. The highest BCUT2D eigenvalue weighted by atomic mass is 16.5. The molecule has 30 heavy (non-hydrogen) atoms. The van der Waals surface area contributed by atoms with Gasteiger partial charge in [0.2, 0.25) is 0 Å². The van der Waals surface area contributed by atoms with Gasteiger partial charge in [0.25, 0.3) is 11.8 Å². The maximum atomic E-state index is 13.0. The molecule has 8 heteroatoms. The highest BCUT2D eigenvalue weighted by Crippen LogP contribution is 2.37. The molecule has 1 aromatic carbocycles. The van der Waals surface area contributed by atoms with Crippen molar-refractivity contribution in [2.75, 3.05) is 26.6 Å². The minimum absolute atomic E-state index is 0.249. The molecular formula is C22H22N4O4. The van der Waals surface area contributed by atoms with Gasteiger partial charge in [-0.15, -0.1) is 0 Å². The number of carbonyl (C=O) groups excluding carboxylic acids is 2. The predicted molar refractivity (Wildman–Crippen MR) is 112 cm³/mol. The van der Waals surface area contributed by atoms with Crippen molar-refractivity contribution in [1.82, 2.24) is 14.9 Å². The van der Waals surface area contributed by atoms with Crippen LogP contribution in [0.3, 0.4) is 0 Å². The third kappa shape index (κ3) is 4.72. The first-order valence-corrected chi connectivity index (χ1v) is 9.16. The average Bonchev–Trinajstić information content (AvgIpc) is 2.79. The molecule has 8 nitrogen and oxygen atoms in total. The molecule has 2 heterocycles. The van der Waals surface area contributed by atoms with Crippen LogP contribution in [0, 0.1) is 0 Å². The quantitative estimate of drug-likeness (QED) is 0.648. The molecule has 0 atom stereocenters. The number of carbonyl (C=O) groups is 2. The Labute approximate surface area is 174 Å². The van der Waals surface area contributed by atoms with E-state index in [2.05, 4.69) is 15.3 Å². The Hall–Kier alpha value is -3.94. The van der Waals surface area contributed by atoms with E-state index in [-0.39, 0.29) is 11.8 Å². The van der Waals surface area contributed by atoms with Crippen LogP contribution in [0.1, 0.15) is 26.4 Å². The van der Waals surface area contributed by atoms with E-state index in [0.717, 1.165) is 5.69 Å². The van der Waals surface area contributed by atoms with Crippen molar-refractivity contribution in [1.29, 1.82) is 0 Å². The number of ether oxygens (including phenoxy) is 2. The van der Waals surface area contributed by atoms with Gasteiger partial charge in [-0.25, -0.2) is 0 Å². The Morgan fingerprint density at radius 1 is 1.00 bits per heavy atom. The van der Waals surface area contributed by atoms with Crippen LogP contribution in [0.4, 0.5) is 5.69 Å². The second-order valence-electron chi connectivity index (χ2n) is 6.43. The van der Waals surface area contributed by atoms with Crippen LogP contribution in [-0.2, 0) is 6.54 Å². The van der Waals surface area contributed by atoms with Crippen molar-refractivity contribution >= 4 is 17.5 Å². The molecule has 0 bridgehead atoms. The lowest BCUT2D eigenvalue weighted by Gasteiger charge is -2.20. The van der Waals surface area contributed by atoms with E-state index >= 15 is 0 Å². The number of rotatable bonds is 7. The molecule has 0 aliphatic rings. The van der Waals surface area contributed by atoms with Gasteiger partial charge in [-0.1, -0.05) is 6.07 Å². The summed E-state index contributed by atoms with van der Waals surface area (Å²) in [4.78, 5) is 35.3. The standard InChI is InChI=1S/C22H22N4O4/c1-26(14-17-6-4-5-9-24-17)22(28)16-12-18(20(30-3)19(13-16)29-2)25-21(27)15-7-10-23-11-8-15/h4-13H,14H2,1-3H3,(H,25,27). The molecule has 2 aromatic heterocycles. The summed E-state index contributed by atoms with van der Waals surface area (Å²) in [6.07, 6.45) is 4.73. The Kier molecular flexibility index (Phi) is 6.59. The number of aromatic nitrogens is 2. The minimum atomic E-state index is -0.357. The summed E-state index contributed by atoms with van der Waals surface area (Å²) in [5, 5.41) is 2.78. The maximum Gasteiger partial charge on any atom is 0.255 e. The van der Waals surface area contributed by atoms with Gasteiger partial charge in [0.15, 0.2) is 11.5 Å². The maximum absolute atomic E-state index is 13.0. The van der Waals surface area contributed by atoms with Gasteiger partial charge in [0.05, 0.1) is 32.1 Å². The van der Waals surface area contributed by atoms with Crippen LogP contribution < -0.4 is 14.8 Å². The third-order valence-electron chi connectivity index (χ3n) is 4.39. The first kappa shape index (κ1) is 20.8. The Morgan fingerprint density at radius 3 is 2.40 bits per heavy atom. The summed E-state index contributed by atoms with van der Waals surface area (Å²) in [6, 6.07) is 11.9. The van der Waals surface area contributed by atoms with Gasteiger partial charge in [0.1, 0.15) is 0 Å².